The van der Waals surface area contributed by atoms with Crippen molar-refractivity contribution in [3.63, 3.8) is 0 Å². The van der Waals surface area contributed by atoms with Gasteiger partial charge in [-0.15, -0.1) is 0 Å². The largest absolute Gasteiger partial charge is 0.454 e. The molecule has 4 rings (SSSR count). The van der Waals surface area contributed by atoms with Gasteiger partial charge in [0.1, 0.15) is 5.75 Å². The fraction of sp³-hybridized carbons (Fsp3) is 0.571. The third-order valence-electron chi connectivity index (χ3n) is 8.04. The van der Waals surface area contributed by atoms with Crippen LogP contribution >= 0.6 is 0 Å². The molecule has 0 heterocycles. The van der Waals surface area contributed by atoms with E-state index in [1.165, 1.54) is 44.9 Å². The van der Waals surface area contributed by atoms with Crippen molar-refractivity contribution in [2.24, 2.45) is 17.8 Å². The molecule has 0 atom stereocenters. The molecule has 2 saturated carbocycles. The first-order chi connectivity index (χ1) is 16.8. The van der Waals surface area contributed by atoms with E-state index in [0.29, 0.717) is 42.9 Å². The van der Waals surface area contributed by atoms with Crippen LogP contribution in [0.25, 0.3) is 0 Å². The van der Waals surface area contributed by atoms with E-state index in [-0.39, 0.29) is 5.56 Å². The van der Waals surface area contributed by atoms with Crippen molar-refractivity contribution in [2.45, 2.75) is 83.5 Å². The van der Waals surface area contributed by atoms with E-state index < -0.39 is 52.3 Å². The van der Waals surface area contributed by atoms with Crippen LogP contribution in [0.2, 0.25) is 0 Å². The fourth-order valence-electron chi connectivity index (χ4n) is 6.09. The number of unbranched alkanes of at least 4 members (excludes halogenated alkanes) is 1. The van der Waals surface area contributed by atoms with Crippen molar-refractivity contribution < 1.29 is 31.1 Å². The maximum Gasteiger partial charge on any atom is 0.194 e. The lowest BCUT2D eigenvalue weighted by Crippen LogP contribution is -2.26. The Morgan fingerprint density at radius 1 is 0.686 bits per heavy atom. The highest BCUT2D eigenvalue weighted by molar-refractivity contribution is 5.43. The summed E-state index contributed by atoms with van der Waals surface area (Å²) in [5, 5.41) is 0. The summed E-state index contributed by atoms with van der Waals surface area (Å²) < 4.78 is 89.6. The van der Waals surface area contributed by atoms with Crippen LogP contribution in [0.4, 0.5) is 26.3 Å². The van der Waals surface area contributed by atoms with Gasteiger partial charge in [0.05, 0.1) is 0 Å². The molecule has 0 aliphatic heterocycles. The SMILES string of the molecule is CCCCC1CCC(C2CCC(c3c(F)c(F)cc(F)c3Oc3cc(F)c(F)c(F)c3)CC2)CC1. The van der Waals surface area contributed by atoms with Gasteiger partial charge in [0.2, 0.25) is 0 Å². The van der Waals surface area contributed by atoms with Crippen LogP contribution in [-0.4, -0.2) is 0 Å². The molecule has 192 valence electrons. The minimum Gasteiger partial charge on any atom is -0.454 e. The normalized spacial score (nSPS) is 25.0. The van der Waals surface area contributed by atoms with E-state index in [2.05, 4.69) is 6.92 Å². The smallest absolute Gasteiger partial charge is 0.194 e. The number of hydrogen-bond donors (Lipinski definition) is 0. The van der Waals surface area contributed by atoms with E-state index in [1.54, 1.807) is 0 Å². The van der Waals surface area contributed by atoms with Gasteiger partial charge in [0, 0.05) is 23.8 Å². The topological polar surface area (TPSA) is 9.23 Å². The van der Waals surface area contributed by atoms with Crippen molar-refractivity contribution in [3.8, 4) is 11.5 Å². The third kappa shape index (κ3) is 5.80. The van der Waals surface area contributed by atoms with Crippen LogP contribution in [0.1, 0.15) is 89.0 Å². The van der Waals surface area contributed by atoms with Gasteiger partial charge in [-0.2, -0.15) is 0 Å². The zero-order valence-electron chi connectivity index (χ0n) is 20.0. The minimum atomic E-state index is -1.69. The Labute approximate surface area is 202 Å². The van der Waals surface area contributed by atoms with Crippen molar-refractivity contribution in [1.29, 1.82) is 0 Å². The summed E-state index contributed by atoms with van der Waals surface area (Å²) in [6, 6.07) is 1.46. The second-order valence-corrected chi connectivity index (χ2v) is 10.2. The predicted octanol–water partition coefficient (Wildman–Crippen LogP) is 9.58. The molecule has 0 amide bonds. The van der Waals surface area contributed by atoms with Crippen LogP contribution < -0.4 is 4.74 Å². The van der Waals surface area contributed by atoms with E-state index >= 15 is 0 Å². The van der Waals surface area contributed by atoms with Gasteiger partial charge in [-0.1, -0.05) is 39.0 Å². The van der Waals surface area contributed by atoms with Gasteiger partial charge in [-0.3, -0.25) is 0 Å². The zero-order valence-corrected chi connectivity index (χ0v) is 20.0. The highest BCUT2D eigenvalue weighted by atomic mass is 19.2. The molecule has 0 bridgehead atoms. The van der Waals surface area contributed by atoms with Crippen LogP contribution in [0.5, 0.6) is 11.5 Å². The Morgan fingerprint density at radius 2 is 1.23 bits per heavy atom. The Hall–Kier alpha value is -2.18. The maximum absolute atomic E-state index is 14.9. The first-order valence-electron chi connectivity index (χ1n) is 12.8. The van der Waals surface area contributed by atoms with E-state index in [9.17, 15) is 26.3 Å². The van der Waals surface area contributed by atoms with Gasteiger partial charge in [0.25, 0.3) is 0 Å². The molecule has 7 heteroatoms. The summed E-state index contributed by atoms with van der Waals surface area (Å²) in [5.74, 6) is -8.13. The van der Waals surface area contributed by atoms with Crippen LogP contribution in [-0.2, 0) is 0 Å². The standard InChI is InChI=1S/C28H32F6O/c1-2-3-4-16-5-7-17(8-6-16)18-9-11-19(12-10-18)25-27(34)23(31)15-24(32)28(25)35-20-13-21(29)26(33)22(30)14-20/h13-19H,2-12H2,1H3. The van der Waals surface area contributed by atoms with Gasteiger partial charge < -0.3 is 4.74 Å². The molecule has 2 fully saturated rings. The summed E-state index contributed by atoms with van der Waals surface area (Å²) in [4.78, 5) is 0. The summed E-state index contributed by atoms with van der Waals surface area (Å²) >= 11 is 0. The monoisotopic (exact) mass is 498 g/mol. The van der Waals surface area contributed by atoms with E-state index in [0.717, 1.165) is 18.8 Å². The van der Waals surface area contributed by atoms with Gasteiger partial charge >= 0.3 is 0 Å². The molecule has 2 aliphatic rings. The highest BCUT2D eigenvalue weighted by Gasteiger charge is 2.35. The Morgan fingerprint density at radius 3 is 1.80 bits per heavy atom. The molecule has 35 heavy (non-hydrogen) atoms. The zero-order chi connectivity index (χ0) is 25.1. The van der Waals surface area contributed by atoms with Crippen molar-refractivity contribution in [3.05, 3.63) is 58.7 Å². The highest BCUT2D eigenvalue weighted by Crippen LogP contribution is 2.48. The molecule has 0 unspecified atom stereocenters. The van der Waals surface area contributed by atoms with Crippen LogP contribution in [0.3, 0.4) is 0 Å². The molecule has 2 aliphatic carbocycles. The predicted molar refractivity (Wildman–Crippen MR) is 122 cm³/mol. The number of ether oxygens (including phenoxy) is 1. The lowest BCUT2D eigenvalue weighted by molar-refractivity contribution is 0.154. The number of rotatable bonds is 7. The van der Waals surface area contributed by atoms with E-state index in [4.69, 9.17) is 4.74 Å². The van der Waals surface area contributed by atoms with Gasteiger partial charge in [-0.25, -0.2) is 26.3 Å². The first-order valence-corrected chi connectivity index (χ1v) is 12.8. The number of hydrogen-bond acceptors (Lipinski definition) is 1. The Balaban J connectivity index is 1.48. The first kappa shape index (κ1) is 25.9. The average molecular weight is 499 g/mol. The van der Waals surface area contributed by atoms with Crippen molar-refractivity contribution in [2.75, 3.05) is 0 Å². The molecule has 0 saturated heterocycles. The maximum atomic E-state index is 14.9. The third-order valence-corrected chi connectivity index (χ3v) is 8.04. The molecule has 0 spiro atoms. The summed E-state index contributed by atoms with van der Waals surface area (Å²) in [6.07, 6.45) is 11.4. The molecule has 0 N–H and O–H groups in total. The summed E-state index contributed by atoms with van der Waals surface area (Å²) in [6.45, 7) is 2.21. The minimum absolute atomic E-state index is 0.255. The van der Waals surface area contributed by atoms with Crippen molar-refractivity contribution in [1.82, 2.24) is 0 Å². The van der Waals surface area contributed by atoms with Crippen molar-refractivity contribution >= 4 is 0 Å². The van der Waals surface area contributed by atoms with E-state index in [1.807, 2.05) is 0 Å². The molecule has 0 radical (unpaired) electrons. The lowest BCUT2D eigenvalue weighted by Gasteiger charge is -2.38. The molecular weight excluding hydrogens is 466 g/mol. The summed E-state index contributed by atoms with van der Waals surface area (Å²) in [7, 11) is 0. The summed E-state index contributed by atoms with van der Waals surface area (Å²) in [5.41, 5.74) is -0.255. The second kappa shape index (κ2) is 11.3. The van der Waals surface area contributed by atoms with Gasteiger partial charge in [-0.05, 0) is 62.2 Å². The van der Waals surface area contributed by atoms with Gasteiger partial charge in [0.15, 0.2) is 40.7 Å². The average Bonchev–Trinajstić information content (AvgIpc) is 2.85. The quantitative estimate of drug-likeness (QED) is 0.210. The number of benzene rings is 2. The fourth-order valence-corrected chi connectivity index (χ4v) is 6.09. The second-order valence-electron chi connectivity index (χ2n) is 10.2. The molecule has 2 aromatic rings. The molecular formula is C28H32F6O. The lowest BCUT2D eigenvalue weighted by atomic mass is 9.68. The van der Waals surface area contributed by atoms with Crippen LogP contribution in [0, 0.1) is 52.7 Å². The Kier molecular flexibility index (Phi) is 8.33. The molecule has 1 nitrogen and oxygen atoms in total. The Bertz CT molecular complexity index is 1000. The number of halogens is 6. The van der Waals surface area contributed by atoms with Crippen LogP contribution in [0.15, 0.2) is 18.2 Å². The molecule has 2 aromatic carbocycles. The molecule has 0 aromatic heterocycles.